The number of nitrogens with one attached hydrogen (secondary N) is 2. The van der Waals surface area contributed by atoms with Crippen molar-refractivity contribution in [1.82, 2.24) is 10.6 Å². The van der Waals surface area contributed by atoms with E-state index in [0.29, 0.717) is 6.54 Å². The molecule has 0 radical (unpaired) electrons. The average molecular weight is 190 g/mol. The lowest BCUT2D eigenvalue weighted by atomic mass is 10.1. The molecule has 1 atom stereocenters. The third-order valence-corrected chi connectivity index (χ3v) is 1.42. The molecular weight excluding hydrogens is 172 g/mol. The Bertz CT molecular complexity index is 159. The standard InChI is InChI=1S/C8H18N2O3/c1-4-9-7(11)10-5-8(2,12)6-13-3/h12H,4-6H2,1-3H3,(H2,9,10,11). The number of urea groups is 1. The molecule has 1 unspecified atom stereocenters. The van der Waals surface area contributed by atoms with Gasteiger partial charge in [-0.15, -0.1) is 0 Å². The number of rotatable bonds is 5. The molecule has 0 spiro atoms. The Morgan fingerprint density at radius 3 is 2.62 bits per heavy atom. The number of aliphatic hydroxyl groups is 1. The summed E-state index contributed by atoms with van der Waals surface area (Å²) >= 11 is 0. The predicted octanol–water partition coefficient (Wildman–Crippen LogP) is -0.297. The summed E-state index contributed by atoms with van der Waals surface area (Å²) in [6.07, 6.45) is 0. The van der Waals surface area contributed by atoms with Gasteiger partial charge < -0.3 is 20.5 Å². The third kappa shape index (κ3) is 6.36. The minimum atomic E-state index is -1.01. The molecule has 0 bridgehead atoms. The summed E-state index contributed by atoms with van der Waals surface area (Å²) in [5.74, 6) is 0. The molecule has 78 valence electrons. The maximum absolute atomic E-state index is 10.9. The Kier molecular flexibility index (Phi) is 5.41. The first kappa shape index (κ1) is 12.2. The van der Waals surface area contributed by atoms with Gasteiger partial charge in [0.1, 0.15) is 5.60 Å². The number of methoxy groups -OCH3 is 1. The van der Waals surface area contributed by atoms with E-state index >= 15 is 0 Å². The topological polar surface area (TPSA) is 70.6 Å². The molecule has 0 aliphatic rings. The van der Waals surface area contributed by atoms with Crippen molar-refractivity contribution in [3.63, 3.8) is 0 Å². The van der Waals surface area contributed by atoms with E-state index in [1.807, 2.05) is 6.92 Å². The lowest BCUT2D eigenvalue weighted by Crippen LogP contribution is -2.46. The van der Waals surface area contributed by atoms with E-state index < -0.39 is 5.60 Å². The van der Waals surface area contributed by atoms with Gasteiger partial charge in [-0.3, -0.25) is 0 Å². The van der Waals surface area contributed by atoms with Gasteiger partial charge in [0, 0.05) is 13.7 Å². The van der Waals surface area contributed by atoms with Crippen LogP contribution < -0.4 is 10.6 Å². The zero-order chi connectivity index (χ0) is 10.3. The molecule has 0 aromatic carbocycles. The van der Waals surface area contributed by atoms with E-state index in [1.165, 1.54) is 7.11 Å². The highest BCUT2D eigenvalue weighted by atomic mass is 16.5. The summed E-state index contributed by atoms with van der Waals surface area (Å²) in [4.78, 5) is 10.9. The summed E-state index contributed by atoms with van der Waals surface area (Å²) in [7, 11) is 1.50. The Morgan fingerprint density at radius 1 is 1.54 bits per heavy atom. The van der Waals surface area contributed by atoms with Gasteiger partial charge >= 0.3 is 6.03 Å². The summed E-state index contributed by atoms with van der Waals surface area (Å²) in [5.41, 5.74) is -1.01. The third-order valence-electron chi connectivity index (χ3n) is 1.42. The van der Waals surface area contributed by atoms with Gasteiger partial charge in [0.25, 0.3) is 0 Å². The van der Waals surface area contributed by atoms with Gasteiger partial charge in [0.15, 0.2) is 0 Å². The maximum atomic E-state index is 10.9. The normalized spacial score (nSPS) is 14.8. The number of amides is 2. The van der Waals surface area contributed by atoms with Crippen molar-refractivity contribution in [1.29, 1.82) is 0 Å². The molecule has 13 heavy (non-hydrogen) atoms. The minimum absolute atomic E-state index is 0.173. The Balaban J connectivity index is 3.67. The molecule has 0 aromatic heterocycles. The fourth-order valence-electron chi connectivity index (χ4n) is 0.856. The number of carbonyl (C=O) groups is 1. The van der Waals surface area contributed by atoms with Crippen LogP contribution in [0.15, 0.2) is 0 Å². The van der Waals surface area contributed by atoms with Crippen LogP contribution in [0.4, 0.5) is 4.79 Å². The highest BCUT2D eigenvalue weighted by Crippen LogP contribution is 2.00. The van der Waals surface area contributed by atoms with E-state index in [-0.39, 0.29) is 19.2 Å². The van der Waals surface area contributed by atoms with Crippen LogP contribution in [0.1, 0.15) is 13.8 Å². The molecular formula is C8H18N2O3. The molecule has 5 nitrogen and oxygen atoms in total. The summed E-state index contributed by atoms with van der Waals surface area (Å²) < 4.78 is 4.78. The van der Waals surface area contributed by atoms with E-state index in [0.717, 1.165) is 0 Å². The molecule has 3 N–H and O–H groups in total. The number of hydrogen-bond acceptors (Lipinski definition) is 3. The second-order valence-electron chi connectivity index (χ2n) is 3.14. The van der Waals surface area contributed by atoms with Crippen LogP contribution >= 0.6 is 0 Å². The first-order chi connectivity index (χ1) is 6.02. The van der Waals surface area contributed by atoms with Gasteiger partial charge in [-0.1, -0.05) is 0 Å². The van der Waals surface area contributed by atoms with Crippen molar-refractivity contribution in [3.8, 4) is 0 Å². The molecule has 0 rings (SSSR count). The lowest BCUT2D eigenvalue weighted by Gasteiger charge is -2.22. The molecule has 0 saturated carbocycles. The number of hydrogen-bond donors (Lipinski definition) is 3. The van der Waals surface area contributed by atoms with Crippen molar-refractivity contribution in [2.75, 3.05) is 26.8 Å². The molecule has 0 fully saturated rings. The number of carbonyl (C=O) groups excluding carboxylic acids is 1. The van der Waals surface area contributed by atoms with E-state index in [9.17, 15) is 9.90 Å². The van der Waals surface area contributed by atoms with Crippen molar-refractivity contribution in [3.05, 3.63) is 0 Å². The zero-order valence-electron chi connectivity index (χ0n) is 8.39. The van der Waals surface area contributed by atoms with Gasteiger partial charge in [0.05, 0.1) is 13.2 Å². The quantitative estimate of drug-likeness (QED) is 0.557. The van der Waals surface area contributed by atoms with Crippen molar-refractivity contribution >= 4 is 6.03 Å². The van der Waals surface area contributed by atoms with Crippen molar-refractivity contribution < 1.29 is 14.6 Å². The predicted molar refractivity (Wildman–Crippen MR) is 49.6 cm³/mol. The lowest BCUT2D eigenvalue weighted by molar-refractivity contribution is -0.0136. The average Bonchev–Trinajstić information content (AvgIpc) is 2.02. The Hall–Kier alpha value is -0.810. The van der Waals surface area contributed by atoms with Gasteiger partial charge in [-0.2, -0.15) is 0 Å². The zero-order valence-corrected chi connectivity index (χ0v) is 8.39. The highest BCUT2D eigenvalue weighted by molar-refractivity contribution is 5.73. The fraction of sp³-hybridized carbons (Fsp3) is 0.875. The van der Waals surface area contributed by atoms with Crippen LogP contribution in [0.25, 0.3) is 0 Å². The van der Waals surface area contributed by atoms with Crippen LogP contribution in [0.2, 0.25) is 0 Å². The van der Waals surface area contributed by atoms with E-state index in [4.69, 9.17) is 4.74 Å². The van der Waals surface area contributed by atoms with Gasteiger partial charge in [-0.25, -0.2) is 4.79 Å². The molecule has 0 aromatic rings. The first-order valence-electron chi connectivity index (χ1n) is 4.25. The van der Waals surface area contributed by atoms with E-state index in [1.54, 1.807) is 6.92 Å². The van der Waals surface area contributed by atoms with Crippen LogP contribution in [0.3, 0.4) is 0 Å². The summed E-state index contributed by atoms with van der Waals surface area (Å²) in [6.45, 7) is 4.36. The van der Waals surface area contributed by atoms with Crippen LogP contribution in [-0.4, -0.2) is 43.5 Å². The molecule has 0 aliphatic carbocycles. The smallest absolute Gasteiger partial charge is 0.314 e. The first-order valence-corrected chi connectivity index (χ1v) is 4.25. The SMILES string of the molecule is CCNC(=O)NCC(C)(O)COC. The Morgan fingerprint density at radius 2 is 2.15 bits per heavy atom. The Labute approximate surface area is 78.5 Å². The van der Waals surface area contributed by atoms with Gasteiger partial charge in [0.2, 0.25) is 0 Å². The summed E-state index contributed by atoms with van der Waals surface area (Å²) in [6, 6.07) is -0.279. The van der Waals surface area contributed by atoms with Gasteiger partial charge in [-0.05, 0) is 13.8 Å². The van der Waals surface area contributed by atoms with Crippen LogP contribution in [0, 0.1) is 0 Å². The van der Waals surface area contributed by atoms with Crippen molar-refractivity contribution in [2.45, 2.75) is 19.4 Å². The van der Waals surface area contributed by atoms with Crippen molar-refractivity contribution in [2.24, 2.45) is 0 Å². The molecule has 5 heteroatoms. The second-order valence-corrected chi connectivity index (χ2v) is 3.14. The van der Waals surface area contributed by atoms with E-state index in [2.05, 4.69) is 10.6 Å². The minimum Gasteiger partial charge on any atom is -0.386 e. The van der Waals surface area contributed by atoms with Crippen LogP contribution in [0.5, 0.6) is 0 Å². The summed E-state index contributed by atoms with van der Waals surface area (Å²) in [5, 5.41) is 14.7. The maximum Gasteiger partial charge on any atom is 0.314 e. The largest absolute Gasteiger partial charge is 0.386 e. The molecule has 0 heterocycles. The van der Waals surface area contributed by atoms with Crippen LogP contribution in [-0.2, 0) is 4.74 Å². The molecule has 0 aliphatic heterocycles. The number of ether oxygens (including phenoxy) is 1. The highest BCUT2D eigenvalue weighted by Gasteiger charge is 2.20. The fourth-order valence-corrected chi connectivity index (χ4v) is 0.856. The molecule has 2 amide bonds. The second kappa shape index (κ2) is 5.77. The molecule has 0 saturated heterocycles. The monoisotopic (exact) mass is 190 g/mol.